The van der Waals surface area contributed by atoms with Crippen LogP contribution in [0.25, 0.3) is 28.1 Å². The van der Waals surface area contributed by atoms with E-state index in [1.165, 1.54) is 24.6 Å². The van der Waals surface area contributed by atoms with Gasteiger partial charge in [0, 0.05) is 13.2 Å². The molecule has 188 valence electrons. The third-order valence-electron chi connectivity index (χ3n) is 5.30. The van der Waals surface area contributed by atoms with Crippen molar-refractivity contribution in [3.05, 3.63) is 30.2 Å². The van der Waals surface area contributed by atoms with Crippen LogP contribution in [-0.4, -0.2) is 55.5 Å². The molecule has 4 heterocycles. The van der Waals surface area contributed by atoms with E-state index in [9.17, 15) is 34.8 Å². The zero-order chi connectivity index (χ0) is 25.9. The quantitative estimate of drug-likeness (QED) is 0.398. The van der Waals surface area contributed by atoms with Gasteiger partial charge >= 0.3 is 12.4 Å². The number of aromatic nitrogens is 6. The summed E-state index contributed by atoms with van der Waals surface area (Å²) in [5.41, 5.74) is -1.47. The molecule has 0 aromatic carbocycles. The van der Waals surface area contributed by atoms with Crippen molar-refractivity contribution < 1.29 is 34.8 Å². The second-order valence-electron chi connectivity index (χ2n) is 7.61. The van der Waals surface area contributed by atoms with E-state index in [1.807, 2.05) is 0 Å². The summed E-state index contributed by atoms with van der Waals surface area (Å²) < 4.78 is 107. The van der Waals surface area contributed by atoms with Gasteiger partial charge in [0.25, 0.3) is 0 Å². The third kappa shape index (κ3) is 4.26. The van der Waals surface area contributed by atoms with Crippen molar-refractivity contribution in [3.63, 3.8) is 0 Å². The molecule has 0 bridgehead atoms. The molecule has 0 spiro atoms. The van der Waals surface area contributed by atoms with Crippen molar-refractivity contribution >= 4 is 32.3 Å². The van der Waals surface area contributed by atoms with E-state index in [2.05, 4.69) is 25.4 Å². The van der Waals surface area contributed by atoms with E-state index < -0.39 is 44.7 Å². The highest BCUT2D eigenvalue weighted by Gasteiger charge is 2.37. The van der Waals surface area contributed by atoms with Crippen molar-refractivity contribution in [2.24, 2.45) is 7.05 Å². The molecule has 0 radical (unpaired) electrons. The molecular formula is C19H17F6N7O2S. The van der Waals surface area contributed by atoms with E-state index >= 15 is 0 Å². The molecule has 0 amide bonds. The SMILES string of the molecule is CCS(=O)(=O)c1nn2c(NC(C)C(F)(F)F)ccnc2c1-c1nc2cc(C(F)(F)F)ncc2n1C. The molecule has 16 heteroatoms. The van der Waals surface area contributed by atoms with E-state index in [4.69, 9.17) is 0 Å². The number of pyridine rings is 1. The van der Waals surface area contributed by atoms with Gasteiger partial charge in [0.05, 0.1) is 23.0 Å². The summed E-state index contributed by atoms with van der Waals surface area (Å²) >= 11 is 0. The van der Waals surface area contributed by atoms with Gasteiger partial charge in [-0.2, -0.15) is 36.0 Å². The first-order valence-corrected chi connectivity index (χ1v) is 11.6. The van der Waals surface area contributed by atoms with E-state index in [1.54, 1.807) is 0 Å². The van der Waals surface area contributed by atoms with Crippen LogP contribution in [0, 0.1) is 0 Å². The van der Waals surface area contributed by atoms with Crippen LogP contribution in [0.15, 0.2) is 29.6 Å². The highest BCUT2D eigenvalue weighted by molar-refractivity contribution is 7.91. The predicted molar refractivity (Wildman–Crippen MR) is 112 cm³/mol. The first-order valence-electron chi connectivity index (χ1n) is 9.99. The van der Waals surface area contributed by atoms with Crippen LogP contribution in [-0.2, 0) is 23.1 Å². The fraction of sp³-hybridized carbons (Fsp3) is 0.368. The molecule has 4 aromatic rings. The molecule has 4 aromatic heterocycles. The number of anilines is 1. The number of nitrogens with one attached hydrogen (secondary N) is 1. The van der Waals surface area contributed by atoms with Crippen LogP contribution < -0.4 is 5.32 Å². The molecule has 4 rings (SSSR count). The zero-order valence-corrected chi connectivity index (χ0v) is 19.1. The Morgan fingerprint density at radius 2 is 1.83 bits per heavy atom. The number of hydrogen-bond donors (Lipinski definition) is 1. The Balaban J connectivity index is 2.01. The molecule has 1 N–H and O–H groups in total. The van der Waals surface area contributed by atoms with Crippen molar-refractivity contribution in [2.45, 2.75) is 37.3 Å². The number of hydrogen-bond acceptors (Lipinski definition) is 7. The summed E-state index contributed by atoms with van der Waals surface area (Å²) in [6.07, 6.45) is -7.24. The number of alkyl halides is 6. The number of halogens is 6. The minimum atomic E-state index is -4.73. The summed E-state index contributed by atoms with van der Waals surface area (Å²) in [6, 6.07) is -0.109. The molecule has 0 saturated carbocycles. The Morgan fingerprint density at radius 1 is 1.14 bits per heavy atom. The highest BCUT2D eigenvalue weighted by atomic mass is 32.2. The van der Waals surface area contributed by atoms with E-state index in [0.29, 0.717) is 6.07 Å². The molecule has 0 aliphatic rings. The molecule has 9 nitrogen and oxygen atoms in total. The monoisotopic (exact) mass is 521 g/mol. The van der Waals surface area contributed by atoms with Gasteiger partial charge in [0.2, 0.25) is 0 Å². The Morgan fingerprint density at radius 3 is 2.43 bits per heavy atom. The van der Waals surface area contributed by atoms with Gasteiger partial charge in [-0.3, -0.25) is 0 Å². The summed E-state index contributed by atoms with van der Waals surface area (Å²) in [5.74, 6) is -0.704. The predicted octanol–water partition coefficient (Wildman–Crippen LogP) is 3.85. The average Bonchev–Trinajstić information content (AvgIpc) is 3.31. The summed E-state index contributed by atoms with van der Waals surface area (Å²) in [5, 5.41) is 5.73. The fourth-order valence-corrected chi connectivity index (χ4v) is 4.33. The molecule has 35 heavy (non-hydrogen) atoms. The Bertz CT molecular complexity index is 1540. The molecule has 0 aliphatic carbocycles. The van der Waals surface area contributed by atoms with E-state index in [-0.39, 0.29) is 33.9 Å². The summed E-state index contributed by atoms with van der Waals surface area (Å²) in [4.78, 5) is 11.7. The van der Waals surface area contributed by atoms with Gasteiger partial charge in [0.15, 0.2) is 20.5 Å². The smallest absolute Gasteiger partial charge is 0.359 e. The summed E-state index contributed by atoms with van der Waals surface area (Å²) in [6.45, 7) is 2.22. The minimum absolute atomic E-state index is 0.100. The van der Waals surface area contributed by atoms with Crippen LogP contribution >= 0.6 is 0 Å². The maximum atomic E-state index is 13.1. The topological polar surface area (TPSA) is 107 Å². The van der Waals surface area contributed by atoms with Gasteiger partial charge < -0.3 is 9.88 Å². The number of nitrogens with zero attached hydrogens (tertiary/aromatic N) is 6. The van der Waals surface area contributed by atoms with Gasteiger partial charge in [-0.15, -0.1) is 0 Å². The van der Waals surface area contributed by atoms with Crippen molar-refractivity contribution in [1.82, 2.24) is 29.1 Å². The number of imidazole rings is 1. The Kier molecular flexibility index (Phi) is 5.69. The van der Waals surface area contributed by atoms with Gasteiger partial charge in [-0.25, -0.2) is 23.4 Å². The van der Waals surface area contributed by atoms with Crippen molar-refractivity contribution in [3.8, 4) is 11.4 Å². The fourth-order valence-electron chi connectivity index (χ4n) is 3.36. The molecule has 1 unspecified atom stereocenters. The zero-order valence-electron chi connectivity index (χ0n) is 18.3. The van der Waals surface area contributed by atoms with Gasteiger partial charge in [-0.05, 0) is 19.1 Å². The van der Waals surface area contributed by atoms with Crippen LogP contribution in [0.2, 0.25) is 0 Å². The minimum Gasteiger partial charge on any atom is -0.359 e. The largest absolute Gasteiger partial charge is 0.433 e. The molecule has 0 fully saturated rings. The molecule has 0 saturated heterocycles. The average molecular weight is 521 g/mol. The second kappa shape index (κ2) is 8.07. The number of aryl methyl sites for hydroxylation is 1. The van der Waals surface area contributed by atoms with Crippen LogP contribution in [0.1, 0.15) is 19.5 Å². The number of sulfone groups is 1. The van der Waals surface area contributed by atoms with Crippen molar-refractivity contribution in [2.75, 3.05) is 11.1 Å². The third-order valence-corrected chi connectivity index (χ3v) is 6.93. The lowest BCUT2D eigenvalue weighted by Gasteiger charge is -2.18. The number of rotatable bonds is 5. The standard InChI is InChI=1S/C19H17F6N7O2S/c1-4-35(33,34)17-14(15-26-6-5-13(32(15)30-17)28-9(2)18(20,21)22)16-29-10-7-12(19(23,24)25)27-8-11(10)31(16)3/h5-9,28H,4H2,1-3H3. The molecule has 0 aliphatic heterocycles. The second-order valence-corrected chi connectivity index (χ2v) is 9.80. The first-order chi connectivity index (χ1) is 16.1. The lowest BCUT2D eigenvalue weighted by atomic mass is 10.3. The molecule has 1 atom stereocenters. The highest BCUT2D eigenvalue weighted by Crippen LogP contribution is 2.35. The Hall–Kier alpha value is -3.43. The lowest BCUT2D eigenvalue weighted by molar-refractivity contribution is -0.141. The summed E-state index contributed by atoms with van der Waals surface area (Å²) in [7, 11) is -2.64. The lowest BCUT2D eigenvalue weighted by Crippen LogP contribution is -2.33. The maximum absolute atomic E-state index is 13.1. The van der Waals surface area contributed by atoms with E-state index in [0.717, 1.165) is 23.8 Å². The maximum Gasteiger partial charge on any atom is 0.433 e. The van der Waals surface area contributed by atoms with Crippen LogP contribution in [0.3, 0.4) is 0 Å². The number of fused-ring (bicyclic) bond motifs is 2. The van der Waals surface area contributed by atoms with Crippen LogP contribution in [0.5, 0.6) is 0 Å². The normalized spacial score (nSPS) is 14.1. The van der Waals surface area contributed by atoms with Crippen LogP contribution in [0.4, 0.5) is 32.2 Å². The molecular weight excluding hydrogens is 504 g/mol. The van der Waals surface area contributed by atoms with Gasteiger partial charge in [0.1, 0.15) is 28.9 Å². The Labute approximate surface area is 193 Å². The van der Waals surface area contributed by atoms with Gasteiger partial charge in [-0.1, -0.05) is 6.92 Å². The van der Waals surface area contributed by atoms with Crippen molar-refractivity contribution in [1.29, 1.82) is 0 Å². The first kappa shape index (κ1) is 24.7.